The minimum absolute atomic E-state index is 0.198. The molecule has 1 N–H and O–H groups in total. The Morgan fingerprint density at radius 3 is 2.71 bits per heavy atom. The molecule has 1 atom stereocenters. The van der Waals surface area contributed by atoms with Gasteiger partial charge in [-0.2, -0.15) is 0 Å². The van der Waals surface area contributed by atoms with Gasteiger partial charge in [-0.05, 0) is 62.6 Å². The zero-order chi connectivity index (χ0) is 24.6. The first-order chi connectivity index (χ1) is 17.1. The quantitative estimate of drug-likeness (QED) is 0.368. The molecule has 9 nitrogen and oxygen atoms in total. The van der Waals surface area contributed by atoms with Gasteiger partial charge in [0.05, 0.1) is 19.4 Å². The molecular formula is C26H31N3O6. The maximum atomic E-state index is 11.7. The maximum Gasteiger partial charge on any atom is 0.306 e. The van der Waals surface area contributed by atoms with Crippen molar-refractivity contribution in [2.45, 2.75) is 53.0 Å². The Balaban J connectivity index is 1.31. The summed E-state index contributed by atoms with van der Waals surface area (Å²) in [5, 5.41) is 1.98. The Hall–Kier alpha value is -3.56. The topological polar surface area (TPSA) is 99.2 Å². The molecule has 9 heteroatoms. The average molecular weight is 482 g/mol. The number of nitrogens with zero attached hydrogens (tertiary/aromatic N) is 2. The van der Waals surface area contributed by atoms with Crippen LogP contribution in [-0.4, -0.2) is 35.4 Å². The fourth-order valence-corrected chi connectivity index (χ4v) is 3.72. The van der Waals surface area contributed by atoms with Gasteiger partial charge in [-0.15, -0.1) is 0 Å². The third-order valence-electron chi connectivity index (χ3n) is 5.47. The van der Waals surface area contributed by atoms with Crippen molar-refractivity contribution in [3.63, 3.8) is 0 Å². The Kier molecular flexibility index (Phi) is 8.23. The standard InChI is InChI=1S/C26H31N3O6/c1-4-31-24(30)13-10-20-16-29(28-25(20)32-5-2)15-19-8-11-21(12-9-19)34-17-22-18(3)35-26(27-22)23-7-6-14-33-23/h6-9,11-12,14,16,25,28H,4-5,10,13,15,17H2,1-3H3. The number of aryl methyl sites for hydroxylation is 1. The summed E-state index contributed by atoms with van der Waals surface area (Å²) in [6.07, 6.45) is 4.27. The second kappa shape index (κ2) is 11.7. The molecular weight excluding hydrogens is 450 g/mol. The van der Waals surface area contributed by atoms with E-state index < -0.39 is 0 Å². The van der Waals surface area contributed by atoms with E-state index in [1.54, 1.807) is 18.4 Å². The van der Waals surface area contributed by atoms with E-state index in [0.717, 1.165) is 22.6 Å². The minimum Gasteiger partial charge on any atom is -0.487 e. The number of aromatic nitrogens is 1. The van der Waals surface area contributed by atoms with E-state index in [1.165, 1.54) is 0 Å². The molecule has 0 saturated heterocycles. The average Bonchev–Trinajstić information content (AvgIpc) is 3.59. The van der Waals surface area contributed by atoms with Crippen LogP contribution in [0.3, 0.4) is 0 Å². The number of rotatable bonds is 12. The summed E-state index contributed by atoms with van der Waals surface area (Å²) in [7, 11) is 0. The summed E-state index contributed by atoms with van der Waals surface area (Å²) in [6.45, 7) is 7.51. The number of carbonyl (C=O) groups excluding carboxylic acids is 1. The zero-order valence-electron chi connectivity index (χ0n) is 20.3. The van der Waals surface area contributed by atoms with Crippen LogP contribution < -0.4 is 10.2 Å². The molecule has 3 aromatic rings. The summed E-state index contributed by atoms with van der Waals surface area (Å²) in [5.41, 5.74) is 6.19. The third kappa shape index (κ3) is 6.52. The van der Waals surface area contributed by atoms with Crippen LogP contribution >= 0.6 is 0 Å². The van der Waals surface area contributed by atoms with Gasteiger partial charge in [0.25, 0.3) is 5.89 Å². The first-order valence-electron chi connectivity index (χ1n) is 11.8. The number of ether oxygens (including phenoxy) is 3. The molecule has 0 aliphatic carbocycles. The van der Waals surface area contributed by atoms with Crippen LogP contribution in [-0.2, 0) is 27.4 Å². The molecule has 0 bridgehead atoms. The van der Waals surface area contributed by atoms with Crippen molar-refractivity contribution < 1.29 is 27.8 Å². The summed E-state index contributed by atoms with van der Waals surface area (Å²) < 4.78 is 27.8. The van der Waals surface area contributed by atoms with E-state index >= 15 is 0 Å². The van der Waals surface area contributed by atoms with Crippen LogP contribution in [0.4, 0.5) is 0 Å². The molecule has 4 rings (SSSR count). The Morgan fingerprint density at radius 2 is 2.00 bits per heavy atom. The van der Waals surface area contributed by atoms with Gasteiger partial charge in [-0.1, -0.05) is 12.1 Å². The fraction of sp³-hybridized carbons (Fsp3) is 0.385. The number of hydrogen-bond donors (Lipinski definition) is 1. The third-order valence-corrected chi connectivity index (χ3v) is 5.47. The normalized spacial score (nSPS) is 15.3. The van der Waals surface area contributed by atoms with E-state index in [1.807, 2.05) is 56.2 Å². The molecule has 3 heterocycles. The summed E-state index contributed by atoms with van der Waals surface area (Å²) in [5.74, 6) is 2.27. The Bertz CT molecular complexity index is 1120. The number of carbonyl (C=O) groups is 1. The van der Waals surface area contributed by atoms with Gasteiger partial charge in [-0.3, -0.25) is 4.79 Å². The number of hydrogen-bond acceptors (Lipinski definition) is 9. The van der Waals surface area contributed by atoms with Crippen molar-refractivity contribution in [2.24, 2.45) is 0 Å². The maximum absolute atomic E-state index is 11.7. The van der Waals surface area contributed by atoms with Crippen LogP contribution in [0.5, 0.6) is 5.75 Å². The lowest BCUT2D eigenvalue weighted by Crippen LogP contribution is -2.37. The van der Waals surface area contributed by atoms with Gasteiger partial charge in [-0.25, -0.2) is 10.4 Å². The van der Waals surface area contributed by atoms with Crippen LogP contribution in [0.25, 0.3) is 11.7 Å². The van der Waals surface area contributed by atoms with Crippen molar-refractivity contribution in [1.29, 1.82) is 0 Å². The van der Waals surface area contributed by atoms with Crippen LogP contribution in [0, 0.1) is 6.92 Å². The minimum atomic E-state index is -0.242. The van der Waals surface area contributed by atoms with Gasteiger partial charge in [0.15, 0.2) is 5.76 Å². The van der Waals surface area contributed by atoms with Crippen molar-refractivity contribution >= 4 is 5.97 Å². The van der Waals surface area contributed by atoms with Gasteiger partial charge < -0.3 is 28.1 Å². The van der Waals surface area contributed by atoms with Crippen LogP contribution in [0.2, 0.25) is 0 Å². The summed E-state index contributed by atoms with van der Waals surface area (Å²) in [6, 6.07) is 11.5. The highest BCUT2D eigenvalue weighted by Gasteiger charge is 2.24. The molecule has 0 saturated carbocycles. The van der Waals surface area contributed by atoms with Gasteiger partial charge in [0, 0.05) is 19.2 Å². The highest BCUT2D eigenvalue weighted by molar-refractivity contribution is 5.69. The van der Waals surface area contributed by atoms with Crippen molar-refractivity contribution in [3.05, 3.63) is 71.5 Å². The van der Waals surface area contributed by atoms with Crippen molar-refractivity contribution in [3.8, 4) is 17.4 Å². The Labute approximate surface area is 204 Å². The number of benzene rings is 1. The Morgan fingerprint density at radius 1 is 1.17 bits per heavy atom. The molecule has 1 aromatic carbocycles. The molecule has 0 amide bonds. The number of esters is 1. The van der Waals surface area contributed by atoms with Gasteiger partial charge in [0.1, 0.15) is 30.0 Å². The van der Waals surface area contributed by atoms with E-state index in [4.69, 9.17) is 23.0 Å². The highest BCUT2D eigenvalue weighted by atomic mass is 16.5. The molecule has 0 radical (unpaired) electrons. The van der Waals surface area contributed by atoms with Crippen LogP contribution in [0.1, 0.15) is 43.7 Å². The van der Waals surface area contributed by atoms with E-state index in [0.29, 0.717) is 56.6 Å². The molecule has 2 aromatic heterocycles. The lowest BCUT2D eigenvalue weighted by Gasteiger charge is -2.20. The first-order valence-corrected chi connectivity index (χ1v) is 11.8. The number of nitrogens with one attached hydrogen (secondary N) is 1. The summed E-state index contributed by atoms with van der Waals surface area (Å²) >= 11 is 0. The van der Waals surface area contributed by atoms with E-state index in [-0.39, 0.29) is 12.2 Å². The van der Waals surface area contributed by atoms with Gasteiger partial charge in [0.2, 0.25) is 0 Å². The second-order valence-electron chi connectivity index (χ2n) is 8.03. The molecule has 186 valence electrons. The molecule has 1 aliphatic rings. The van der Waals surface area contributed by atoms with Crippen molar-refractivity contribution in [2.75, 3.05) is 13.2 Å². The molecule has 0 fully saturated rings. The smallest absolute Gasteiger partial charge is 0.306 e. The second-order valence-corrected chi connectivity index (χ2v) is 8.03. The van der Waals surface area contributed by atoms with Crippen molar-refractivity contribution in [1.82, 2.24) is 15.4 Å². The SMILES string of the molecule is CCOC(=O)CCC1=CN(Cc2ccc(OCc3nc(-c4ccco4)oc3C)cc2)NC1OCC. The summed E-state index contributed by atoms with van der Waals surface area (Å²) in [4.78, 5) is 16.2. The molecule has 0 spiro atoms. The lowest BCUT2D eigenvalue weighted by atomic mass is 10.1. The zero-order valence-corrected chi connectivity index (χ0v) is 20.3. The molecule has 1 unspecified atom stereocenters. The fourth-order valence-electron chi connectivity index (χ4n) is 3.72. The van der Waals surface area contributed by atoms with E-state index in [9.17, 15) is 4.79 Å². The monoisotopic (exact) mass is 481 g/mol. The largest absolute Gasteiger partial charge is 0.487 e. The predicted molar refractivity (Wildman–Crippen MR) is 128 cm³/mol. The predicted octanol–water partition coefficient (Wildman–Crippen LogP) is 4.73. The highest BCUT2D eigenvalue weighted by Crippen LogP contribution is 2.24. The lowest BCUT2D eigenvalue weighted by molar-refractivity contribution is -0.143. The molecule has 1 aliphatic heterocycles. The van der Waals surface area contributed by atoms with Gasteiger partial charge >= 0.3 is 5.97 Å². The first kappa shape index (κ1) is 24.6. The number of hydrazine groups is 1. The number of oxazole rings is 1. The molecule has 35 heavy (non-hydrogen) atoms. The van der Waals surface area contributed by atoms with E-state index in [2.05, 4.69) is 10.4 Å². The van der Waals surface area contributed by atoms with Crippen LogP contribution in [0.15, 0.2) is 63.3 Å². The number of furan rings is 1.